The predicted molar refractivity (Wildman–Crippen MR) is 151 cm³/mol. The number of nitrogens with one attached hydrogen (secondary N) is 3. The lowest BCUT2D eigenvalue weighted by Gasteiger charge is -2.23. The number of aryl methyl sites for hydroxylation is 1. The van der Waals surface area contributed by atoms with Crippen LogP contribution in [0.3, 0.4) is 0 Å². The van der Waals surface area contributed by atoms with Gasteiger partial charge in [0, 0.05) is 38.0 Å². The molecule has 4 aromatic rings. The SMILES string of the molecule is CCn1nc(-c2ccccc2)c2c(Nc3ccc(OCCNCCOC)cc3)nc(NC(C)(C)CO)nc21. The topological polar surface area (TPSA) is 118 Å². The molecule has 0 aliphatic heterocycles. The summed E-state index contributed by atoms with van der Waals surface area (Å²) in [5.41, 5.74) is 2.75. The maximum atomic E-state index is 9.80. The van der Waals surface area contributed by atoms with Gasteiger partial charge in [0.25, 0.3) is 0 Å². The molecule has 2 aromatic heterocycles. The monoisotopic (exact) mass is 519 g/mol. The van der Waals surface area contributed by atoms with Gasteiger partial charge in [-0.25, -0.2) is 4.68 Å². The number of anilines is 3. The number of methoxy groups -OCH3 is 1. The second-order valence-electron chi connectivity index (χ2n) is 9.53. The molecule has 0 aliphatic rings. The van der Waals surface area contributed by atoms with Crippen LogP contribution in [0.25, 0.3) is 22.3 Å². The normalized spacial score (nSPS) is 11.6. The molecular weight excluding hydrogens is 482 g/mol. The third-order valence-corrected chi connectivity index (χ3v) is 5.93. The van der Waals surface area contributed by atoms with E-state index < -0.39 is 5.54 Å². The molecule has 4 rings (SSSR count). The predicted octanol–water partition coefficient (Wildman–Crippen LogP) is 4.05. The molecule has 2 heterocycles. The van der Waals surface area contributed by atoms with Crippen molar-refractivity contribution in [1.82, 2.24) is 25.1 Å². The molecule has 0 amide bonds. The van der Waals surface area contributed by atoms with Crippen LogP contribution in [0, 0.1) is 0 Å². The van der Waals surface area contributed by atoms with E-state index in [-0.39, 0.29) is 6.61 Å². The van der Waals surface area contributed by atoms with Crippen molar-refractivity contribution in [2.75, 3.05) is 50.7 Å². The van der Waals surface area contributed by atoms with Gasteiger partial charge in [-0.3, -0.25) is 0 Å². The minimum Gasteiger partial charge on any atom is -0.492 e. The zero-order valence-corrected chi connectivity index (χ0v) is 22.5. The third-order valence-electron chi connectivity index (χ3n) is 5.93. The summed E-state index contributed by atoms with van der Waals surface area (Å²) in [6.07, 6.45) is 0. The Morgan fingerprint density at radius 1 is 0.974 bits per heavy atom. The van der Waals surface area contributed by atoms with Gasteiger partial charge < -0.3 is 30.5 Å². The molecule has 38 heavy (non-hydrogen) atoms. The van der Waals surface area contributed by atoms with Gasteiger partial charge in [-0.15, -0.1) is 0 Å². The number of hydrogen-bond acceptors (Lipinski definition) is 9. The summed E-state index contributed by atoms with van der Waals surface area (Å²) in [6, 6.07) is 17.8. The molecule has 0 spiro atoms. The van der Waals surface area contributed by atoms with Crippen LogP contribution in [0.5, 0.6) is 5.75 Å². The first-order valence-electron chi connectivity index (χ1n) is 12.9. The molecule has 0 aliphatic carbocycles. The first kappa shape index (κ1) is 27.3. The minimum absolute atomic E-state index is 0.0666. The van der Waals surface area contributed by atoms with Gasteiger partial charge in [0.15, 0.2) is 5.65 Å². The summed E-state index contributed by atoms with van der Waals surface area (Å²) < 4.78 is 12.7. The van der Waals surface area contributed by atoms with Crippen LogP contribution >= 0.6 is 0 Å². The fourth-order valence-corrected chi connectivity index (χ4v) is 3.89. The molecule has 0 unspecified atom stereocenters. The number of aliphatic hydroxyl groups is 1. The largest absolute Gasteiger partial charge is 0.492 e. The molecule has 4 N–H and O–H groups in total. The molecule has 0 bridgehead atoms. The lowest BCUT2D eigenvalue weighted by atomic mass is 10.1. The third kappa shape index (κ3) is 6.77. The first-order valence-corrected chi connectivity index (χ1v) is 12.9. The zero-order chi connectivity index (χ0) is 27.0. The van der Waals surface area contributed by atoms with E-state index in [0.29, 0.717) is 37.2 Å². The van der Waals surface area contributed by atoms with Gasteiger partial charge in [0.05, 0.1) is 24.1 Å². The lowest BCUT2D eigenvalue weighted by molar-refractivity contribution is 0.197. The van der Waals surface area contributed by atoms with E-state index in [4.69, 9.17) is 24.5 Å². The number of ether oxygens (including phenoxy) is 2. The van der Waals surface area contributed by atoms with Crippen molar-refractivity contribution in [2.24, 2.45) is 0 Å². The Morgan fingerprint density at radius 2 is 1.71 bits per heavy atom. The van der Waals surface area contributed by atoms with Crippen molar-refractivity contribution in [3.8, 4) is 17.0 Å². The number of rotatable bonds is 14. The second kappa shape index (κ2) is 12.7. The molecule has 2 aromatic carbocycles. The summed E-state index contributed by atoms with van der Waals surface area (Å²) in [7, 11) is 1.69. The van der Waals surface area contributed by atoms with Crippen molar-refractivity contribution >= 4 is 28.5 Å². The summed E-state index contributed by atoms with van der Waals surface area (Å²) in [6.45, 7) is 9.18. The van der Waals surface area contributed by atoms with Gasteiger partial charge in [0.2, 0.25) is 5.95 Å². The van der Waals surface area contributed by atoms with E-state index in [0.717, 1.165) is 41.2 Å². The number of nitrogens with zero attached hydrogens (tertiary/aromatic N) is 4. The molecule has 0 saturated heterocycles. The maximum Gasteiger partial charge on any atom is 0.227 e. The average Bonchev–Trinajstić information content (AvgIpc) is 3.31. The highest BCUT2D eigenvalue weighted by atomic mass is 16.5. The molecule has 0 saturated carbocycles. The van der Waals surface area contributed by atoms with Crippen LogP contribution in [-0.2, 0) is 11.3 Å². The van der Waals surface area contributed by atoms with E-state index in [9.17, 15) is 5.11 Å². The molecule has 0 atom stereocenters. The van der Waals surface area contributed by atoms with Gasteiger partial charge in [0.1, 0.15) is 23.9 Å². The summed E-state index contributed by atoms with van der Waals surface area (Å²) in [5.74, 6) is 1.82. The summed E-state index contributed by atoms with van der Waals surface area (Å²) in [4.78, 5) is 9.62. The first-order chi connectivity index (χ1) is 18.4. The van der Waals surface area contributed by atoms with Gasteiger partial charge in [-0.2, -0.15) is 15.1 Å². The number of aliphatic hydroxyl groups excluding tert-OH is 1. The maximum absolute atomic E-state index is 9.80. The highest BCUT2D eigenvalue weighted by Gasteiger charge is 2.23. The van der Waals surface area contributed by atoms with Crippen LogP contribution in [0.2, 0.25) is 0 Å². The quantitative estimate of drug-likeness (QED) is 0.183. The van der Waals surface area contributed by atoms with Crippen LogP contribution < -0.4 is 20.7 Å². The Hall–Kier alpha value is -3.73. The number of aromatic nitrogens is 4. The Balaban J connectivity index is 1.65. The van der Waals surface area contributed by atoms with Gasteiger partial charge in [-0.05, 0) is 45.0 Å². The Kier molecular flexibility index (Phi) is 9.11. The van der Waals surface area contributed by atoms with Gasteiger partial charge in [-0.1, -0.05) is 30.3 Å². The minimum atomic E-state index is -0.596. The summed E-state index contributed by atoms with van der Waals surface area (Å²) >= 11 is 0. The van der Waals surface area contributed by atoms with Crippen LogP contribution in [0.15, 0.2) is 54.6 Å². The van der Waals surface area contributed by atoms with E-state index in [1.807, 2.05) is 80.1 Å². The van der Waals surface area contributed by atoms with Crippen molar-refractivity contribution in [3.05, 3.63) is 54.6 Å². The second-order valence-corrected chi connectivity index (χ2v) is 9.53. The molecule has 202 valence electrons. The number of hydrogen-bond donors (Lipinski definition) is 4. The van der Waals surface area contributed by atoms with Crippen molar-refractivity contribution in [3.63, 3.8) is 0 Å². The Morgan fingerprint density at radius 3 is 2.39 bits per heavy atom. The van der Waals surface area contributed by atoms with Crippen LogP contribution in [-0.4, -0.2) is 70.4 Å². The zero-order valence-electron chi connectivity index (χ0n) is 22.5. The van der Waals surface area contributed by atoms with Crippen LogP contribution in [0.4, 0.5) is 17.5 Å². The van der Waals surface area contributed by atoms with E-state index >= 15 is 0 Å². The molecule has 10 heteroatoms. The van der Waals surface area contributed by atoms with Crippen LogP contribution in [0.1, 0.15) is 20.8 Å². The van der Waals surface area contributed by atoms with E-state index in [1.165, 1.54) is 0 Å². The molecule has 0 radical (unpaired) electrons. The molecule has 10 nitrogen and oxygen atoms in total. The fourth-order valence-electron chi connectivity index (χ4n) is 3.89. The van der Waals surface area contributed by atoms with Gasteiger partial charge >= 0.3 is 0 Å². The van der Waals surface area contributed by atoms with Crippen molar-refractivity contribution in [1.29, 1.82) is 0 Å². The van der Waals surface area contributed by atoms with E-state index in [2.05, 4.69) is 16.0 Å². The Labute approximate surface area is 223 Å². The standard InChI is InChI=1S/C28H37N7O3/c1-5-35-26-23(24(34-35)20-9-7-6-8-10-20)25(31-27(32-26)33-28(2,3)19-36)30-21-11-13-22(14-12-21)38-18-16-29-15-17-37-4/h6-14,29,36H,5,15-19H2,1-4H3,(H2,30,31,32,33). The Bertz CT molecular complexity index is 1310. The average molecular weight is 520 g/mol. The number of fused-ring (bicyclic) bond motifs is 1. The van der Waals surface area contributed by atoms with Crippen molar-refractivity contribution < 1.29 is 14.6 Å². The number of benzene rings is 2. The summed E-state index contributed by atoms with van der Waals surface area (Å²) in [5, 5.41) is 25.5. The lowest BCUT2D eigenvalue weighted by Crippen LogP contribution is -2.35. The highest BCUT2D eigenvalue weighted by Crippen LogP contribution is 2.34. The smallest absolute Gasteiger partial charge is 0.227 e. The molecule has 0 fully saturated rings. The van der Waals surface area contributed by atoms with Crippen molar-refractivity contribution in [2.45, 2.75) is 32.9 Å². The highest BCUT2D eigenvalue weighted by molar-refractivity contribution is 6.00. The van der Waals surface area contributed by atoms with E-state index in [1.54, 1.807) is 7.11 Å². The molecular formula is C28H37N7O3. The fraction of sp³-hybridized carbons (Fsp3) is 0.393.